The first-order chi connectivity index (χ1) is 13.4. The Morgan fingerprint density at radius 3 is 2.39 bits per heavy atom. The Balaban J connectivity index is 0.000000203. The minimum Gasteiger partial charge on any atom is -0.494 e. The highest BCUT2D eigenvalue weighted by Crippen LogP contribution is 2.26. The van der Waals surface area contributed by atoms with E-state index < -0.39 is 11.8 Å². The third-order valence-electron chi connectivity index (χ3n) is 4.32. The third-order valence-corrected chi connectivity index (χ3v) is 4.32. The van der Waals surface area contributed by atoms with Crippen molar-refractivity contribution in [2.75, 3.05) is 13.2 Å². The average Bonchev–Trinajstić information content (AvgIpc) is 2.67. The molecule has 152 valence electrons. The van der Waals surface area contributed by atoms with Crippen molar-refractivity contribution >= 4 is 5.97 Å². The Morgan fingerprint density at radius 2 is 1.79 bits per heavy atom. The van der Waals surface area contributed by atoms with Crippen LogP contribution < -0.4 is 9.47 Å². The molecule has 2 aromatic carbocycles. The third kappa shape index (κ3) is 5.21. The molecule has 1 atom stereocenters. The maximum atomic E-state index is 13.7. The smallest absolute Gasteiger partial charge is 0.341 e. The molecule has 1 aliphatic heterocycles. The minimum absolute atomic E-state index is 0.105. The normalized spacial score (nSPS) is 15.1. The molecule has 0 aromatic heterocycles. The molecule has 1 heterocycles. The van der Waals surface area contributed by atoms with Crippen molar-refractivity contribution in [1.82, 2.24) is 0 Å². The summed E-state index contributed by atoms with van der Waals surface area (Å²) in [6.45, 7) is 8.27. The van der Waals surface area contributed by atoms with Crippen LogP contribution in [0.2, 0.25) is 0 Å². The lowest BCUT2D eigenvalue weighted by atomic mass is 9.95. The van der Waals surface area contributed by atoms with Crippen molar-refractivity contribution in [1.29, 1.82) is 0 Å². The molecule has 1 unspecified atom stereocenters. The molecule has 2 aromatic rings. The first-order valence-corrected chi connectivity index (χ1v) is 9.45. The zero-order chi connectivity index (χ0) is 20.7. The molecule has 28 heavy (non-hydrogen) atoms. The van der Waals surface area contributed by atoms with Crippen LogP contribution in [0.3, 0.4) is 0 Å². The lowest BCUT2D eigenvalue weighted by Crippen LogP contribution is -2.28. The molecule has 0 fully saturated rings. The molecule has 0 radical (unpaired) electrons. The number of hydrogen-bond donors (Lipinski definition) is 0. The number of fused-ring (bicyclic) bond motifs is 1. The van der Waals surface area contributed by atoms with E-state index in [-0.39, 0.29) is 23.2 Å². The van der Waals surface area contributed by atoms with Crippen molar-refractivity contribution in [3.8, 4) is 11.5 Å². The molecule has 4 nitrogen and oxygen atoms in total. The van der Waals surface area contributed by atoms with Crippen LogP contribution >= 0.6 is 0 Å². The molecule has 0 amide bonds. The standard InChI is InChI=1S/C12H13FO2.C10H13FO2/c1-3-9-6-8-5-4-7(2)11(13)10(8)12(14)15-9;1-3-12-8-5-6-10(13-4-2)9(11)7-8/h4-5,9H,3,6H2,1-2H3;5-7H,3-4H2,1-2H3. The summed E-state index contributed by atoms with van der Waals surface area (Å²) in [5.41, 5.74) is 1.38. The minimum atomic E-state index is -0.524. The molecular weight excluding hydrogens is 366 g/mol. The fraction of sp³-hybridized carbons (Fsp3) is 0.409. The van der Waals surface area contributed by atoms with Crippen LogP contribution in [0, 0.1) is 18.6 Å². The number of ether oxygens (including phenoxy) is 3. The number of aryl methyl sites for hydroxylation is 1. The van der Waals surface area contributed by atoms with Crippen molar-refractivity contribution in [2.45, 2.75) is 46.6 Å². The molecule has 6 heteroatoms. The van der Waals surface area contributed by atoms with Gasteiger partial charge in [-0.1, -0.05) is 19.1 Å². The van der Waals surface area contributed by atoms with Gasteiger partial charge in [-0.15, -0.1) is 0 Å². The average molecular weight is 392 g/mol. The summed E-state index contributed by atoms with van der Waals surface area (Å²) in [4.78, 5) is 11.6. The number of rotatable bonds is 5. The maximum Gasteiger partial charge on any atom is 0.341 e. The topological polar surface area (TPSA) is 44.8 Å². The van der Waals surface area contributed by atoms with Gasteiger partial charge in [0.25, 0.3) is 0 Å². The van der Waals surface area contributed by atoms with Gasteiger partial charge in [-0.05, 0) is 50.5 Å². The summed E-state index contributed by atoms with van der Waals surface area (Å²) in [5.74, 6) is -0.543. The number of esters is 1. The number of hydrogen-bond acceptors (Lipinski definition) is 4. The molecule has 0 aliphatic carbocycles. The first-order valence-electron chi connectivity index (χ1n) is 9.45. The Bertz CT molecular complexity index is 820. The van der Waals surface area contributed by atoms with E-state index in [9.17, 15) is 13.6 Å². The fourth-order valence-corrected chi connectivity index (χ4v) is 2.85. The second kappa shape index (κ2) is 10.1. The highest BCUT2D eigenvalue weighted by atomic mass is 19.1. The monoisotopic (exact) mass is 392 g/mol. The van der Waals surface area contributed by atoms with E-state index in [1.54, 1.807) is 25.1 Å². The van der Waals surface area contributed by atoms with Gasteiger partial charge in [0.15, 0.2) is 11.6 Å². The lowest BCUT2D eigenvalue weighted by molar-refractivity contribution is 0.0242. The van der Waals surface area contributed by atoms with Gasteiger partial charge < -0.3 is 14.2 Å². The number of benzene rings is 2. The van der Waals surface area contributed by atoms with Gasteiger partial charge in [0.1, 0.15) is 17.7 Å². The van der Waals surface area contributed by atoms with Crippen LogP contribution in [0.4, 0.5) is 8.78 Å². The predicted octanol–water partition coefficient (Wildman–Crippen LogP) is 5.25. The van der Waals surface area contributed by atoms with Crippen LogP contribution in [0.15, 0.2) is 30.3 Å². The summed E-state index contributed by atoms with van der Waals surface area (Å²) in [7, 11) is 0. The van der Waals surface area contributed by atoms with E-state index in [1.165, 1.54) is 6.07 Å². The lowest BCUT2D eigenvalue weighted by Gasteiger charge is -2.24. The Hall–Kier alpha value is -2.63. The summed E-state index contributed by atoms with van der Waals surface area (Å²) >= 11 is 0. The molecular formula is C22H26F2O4. The summed E-state index contributed by atoms with van der Waals surface area (Å²) in [6.07, 6.45) is 1.28. The summed E-state index contributed by atoms with van der Waals surface area (Å²) in [5, 5.41) is 0. The fourth-order valence-electron chi connectivity index (χ4n) is 2.85. The van der Waals surface area contributed by atoms with Crippen LogP contribution in [-0.2, 0) is 11.2 Å². The number of carbonyl (C=O) groups is 1. The zero-order valence-electron chi connectivity index (χ0n) is 16.7. The van der Waals surface area contributed by atoms with Crippen LogP contribution in [0.5, 0.6) is 11.5 Å². The molecule has 0 bridgehead atoms. The first kappa shape index (κ1) is 21.7. The maximum absolute atomic E-state index is 13.7. The van der Waals surface area contributed by atoms with Gasteiger partial charge >= 0.3 is 5.97 Å². The quantitative estimate of drug-likeness (QED) is 0.652. The van der Waals surface area contributed by atoms with E-state index in [0.29, 0.717) is 30.9 Å². The van der Waals surface area contributed by atoms with E-state index in [0.717, 1.165) is 12.0 Å². The van der Waals surface area contributed by atoms with Gasteiger partial charge in [0, 0.05) is 12.5 Å². The molecule has 0 spiro atoms. The number of halogens is 2. The van der Waals surface area contributed by atoms with Crippen molar-refractivity contribution < 1.29 is 27.8 Å². The second-order valence-electron chi connectivity index (χ2n) is 6.33. The number of carbonyl (C=O) groups excluding carboxylic acids is 1. The summed E-state index contributed by atoms with van der Waals surface area (Å²) < 4.78 is 42.1. The highest BCUT2D eigenvalue weighted by Gasteiger charge is 2.28. The largest absolute Gasteiger partial charge is 0.494 e. The van der Waals surface area contributed by atoms with Gasteiger partial charge in [-0.3, -0.25) is 0 Å². The molecule has 0 saturated carbocycles. The SMILES string of the molecule is CCC1Cc2ccc(C)c(F)c2C(=O)O1.CCOc1ccc(OCC)c(F)c1. The molecule has 1 aliphatic rings. The molecule has 0 saturated heterocycles. The summed E-state index contributed by atoms with van der Waals surface area (Å²) in [6, 6.07) is 8.12. The van der Waals surface area contributed by atoms with Gasteiger partial charge in [-0.2, -0.15) is 0 Å². The Labute approximate surface area is 164 Å². The number of cyclic esters (lactones) is 1. The van der Waals surface area contributed by atoms with E-state index >= 15 is 0 Å². The van der Waals surface area contributed by atoms with Gasteiger partial charge in [0.05, 0.1) is 18.8 Å². The Kier molecular flexibility index (Phi) is 7.79. The van der Waals surface area contributed by atoms with E-state index in [2.05, 4.69) is 0 Å². The Morgan fingerprint density at radius 1 is 1.07 bits per heavy atom. The van der Waals surface area contributed by atoms with E-state index in [1.807, 2.05) is 26.8 Å². The van der Waals surface area contributed by atoms with Gasteiger partial charge in [0.2, 0.25) is 0 Å². The van der Waals surface area contributed by atoms with Crippen LogP contribution in [0.25, 0.3) is 0 Å². The van der Waals surface area contributed by atoms with Crippen molar-refractivity contribution in [3.63, 3.8) is 0 Å². The molecule has 3 rings (SSSR count). The predicted molar refractivity (Wildman–Crippen MR) is 103 cm³/mol. The zero-order valence-corrected chi connectivity index (χ0v) is 16.7. The van der Waals surface area contributed by atoms with Crippen LogP contribution in [-0.4, -0.2) is 25.3 Å². The van der Waals surface area contributed by atoms with Crippen molar-refractivity contribution in [2.24, 2.45) is 0 Å². The van der Waals surface area contributed by atoms with Crippen LogP contribution in [0.1, 0.15) is 48.7 Å². The molecule has 0 N–H and O–H groups in total. The highest BCUT2D eigenvalue weighted by molar-refractivity contribution is 5.92. The van der Waals surface area contributed by atoms with Gasteiger partial charge in [-0.25, -0.2) is 13.6 Å². The van der Waals surface area contributed by atoms with E-state index in [4.69, 9.17) is 14.2 Å². The second-order valence-corrected chi connectivity index (χ2v) is 6.33. The van der Waals surface area contributed by atoms with Crippen molar-refractivity contribution in [3.05, 3.63) is 58.7 Å².